The van der Waals surface area contributed by atoms with Crippen molar-refractivity contribution < 1.29 is 4.79 Å². The van der Waals surface area contributed by atoms with Crippen LogP contribution in [0, 0.1) is 0 Å². The Hall–Kier alpha value is -2.25. The van der Waals surface area contributed by atoms with E-state index < -0.39 is 0 Å². The number of thiazole rings is 1. The minimum Gasteiger partial charge on any atom is -0.340 e. The molecule has 4 rings (SSSR count). The highest BCUT2D eigenvalue weighted by Crippen LogP contribution is 2.18. The zero-order chi connectivity index (χ0) is 17.1. The number of fused-ring (bicyclic) bond motifs is 1. The van der Waals surface area contributed by atoms with Crippen molar-refractivity contribution >= 4 is 28.1 Å². The van der Waals surface area contributed by atoms with Gasteiger partial charge in [-0.3, -0.25) is 14.8 Å². The summed E-state index contributed by atoms with van der Waals surface area (Å²) in [5.74, 6) is 0.238. The second kappa shape index (κ2) is 7.33. The lowest BCUT2D eigenvalue weighted by atomic mass is 10.2. The third kappa shape index (κ3) is 3.72. The number of hydrogen-bond acceptors (Lipinski definition) is 5. The Morgan fingerprint density at radius 2 is 2.04 bits per heavy atom. The van der Waals surface area contributed by atoms with Crippen LogP contribution in [0.5, 0.6) is 0 Å². The van der Waals surface area contributed by atoms with Gasteiger partial charge in [-0.2, -0.15) is 5.10 Å². The topological polar surface area (TPSA) is 65.1 Å². The number of nitrogens with zero attached hydrogens (tertiary/aromatic N) is 4. The van der Waals surface area contributed by atoms with E-state index in [1.165, 1.54) is 5.39 Å². The van der Waals surface area contributed by atoms with Crippen LogP contribution in [0.1, 0.15) is 17.1 Å². The summed E-state index contributed by atoms with van der Waals surface area (Å²) >= 11 is 1.62. The van der Waals surface area contributed by atoms with Crippen LogP contribution in [-0.2, 0) is 17.8 Å². The predicted molar refractivity (Wildman–Crippen MR) is 98.4 cm³/mol. The molecule has 0 radical (unpaired) electrons. The van der Waals surface area contributed by atoms with E-state index in [9.17, 15) is 4.79 Å². The number of nitrogens with one attached hydrogen (secondary N) is 1. The Kier molecular flexibility index (Phi) is 4.76. The summed E-state index contributed by atoms with van der Waals surface area (Å²) in [6.07, 6.45) is 3.10. The van der Waals surface area contributed by atoms with Gasteiger partial charge in [-0.25, -0.2) is 4.98 Å². The highest BCUT2D eigenvalue weighted by atomic mass is 32.1. The number of carbonyl (C=O) groups is 1. The van der Waals surface area contributed by atoms with Gasteiger partial charge in [-0.05, 0) is 6.07 Å². The fraction of sp³-hybridized carbons (Fsp3) is 0.389. The lowest BCUT2D eigenvalue weighted by molar-refractivity contribution is -0.133. The first kappa shape index (κ1) is 16.2. The predicted octanol–water partition coefficient (Wildman–Crippen LogP) is 2.30. The molecule has 0 unspecified atom stereocenters. The van der Waals surface area contributed by atoms with E-state index in [0.29, 0.717) is 6.42 Å². The van der Waals surface area contributed by atoms with Crippen molar-refractivity contribution in [3.05, 3.63) is 46.5 Å². The first-order valence-electron chi connectivity index (χ1n) is 8.60. The first-order valence-corrected chi connectivity index (χ1v) is 9.48. The minimum atomic E-state index is 0.238. The molecule has 130 valence electrons. The molecule has 1 aliphatic rings. The van der Waals surface area contributed by atoms with Gasteiger partial charge in [0.1, 0.15) is 0 Å². The van der Waals surface area contributed by atoms with E-state index in [4.69, 9.17) is 0 Å². The minimum absolute atomic E-state index is 0.238. The van der Waals surface area contributed by atoms with E-state index in [2.05, 4.69) is 26.1 Å². The van der Waals surface area contributed by atoms with E-state index in [1.807, 2.05) is 28.5 Å². The number of rotatable bonds is 5. The number of H-pyrrole nitrogens is 1. The van der Waals surface area contributed by atoms with Gasteiger partial charge < -0.3 is 4.90 Å². The second-order valence-corrected chi connectivity index (χ2v) is 7.28. The highest BCUT2D eigenvalue weighted by Gasteiger charge is 2.22. The Morgan fingerprint density at radius 3 is 2.84 bits per heavy atom. The summed E-state index contributed by atoms with van der Waals surface area (Å²) in [5.41, 5.74) is 2.16. The number of carbonyl (C=O) groups excluding carboxylic acids is 1. The summed E-state index contributed by atoms with van der Waals surface area (Å²) in [6, 6.07) is 8.17. The maximum atomic E-state index is 12.4. The second-order valence-electron chi connectivity index (χ2n) is 6.30. The van der Waals surface area contributed by atoms with Gasteiger partial charge in [0, 0.05) is 62.5 Å². The quantitative estimate of drug-likeness (QED) is 0.763. The van der Waals surface area contributed by atoms with Crippen LogP contribution >= 0.6 is 11.3 Å². The molecule has 0 spiro atoms. The first-order chi connectivity index (χ1) is 12.3. The van der Waals surface area contributed by atoms with Crippen molar-refractivity contribution in [1.29, 1.82) is 0 Å². The fourth-order valence-corrected chi connectivity index (χ4v) is 3.88. The fourth-order valence-electron chi connectivity index (χ4n) is 3.26. The molecule has 0 saturated carbocycles. The zero-order valence-corrected chi connectivity index (χ0v) is 14.8. The monoisotopic (exact) mass is 355 g/mol. The van der Waals surface area contributed by atoms with Gasteiger partial charge in [0.25, 0.3) is 0 Å². The normalized spacial score (nSPS) is 15.8. The summed E-state index contributed by atoms with van der Waals surface area (Å²) in [5, 5.41) is 11.7. The highest BCUT2D eigenvalue weighted by molar-refractivity contribution is 7.09. The molecule has 1 amide bonds. The van der Waals surface area contributed by atoms with Gasteiger partial charge >= 0.3 is 0 Å². The smallest absolute Gasteiger partial charge is 0.223 e. The summed E-state index contributed by atoms with van der Waals surface area (Å²) in [6.45, 7) is 4.24. The molecular weight excluding hydrogens is 334 g/mol. The molecule has 0 atom stereocenters. The van der Waals surface area contributed by atoms with Gasteiger partial charge in [0.15, 0.2) is 0 Å². The van der Waals surface area contributed by atoms with Crippen LogP contribution < -0.4 is 0 Å². The van der Waals surface area contributed by atoms with Crippen molar-refractivity contribution in [2.75, 3.05) is 26.2 Å². The van der Waals surface area contributed by atoms with Gasteiger partial charge in [-0.15, -0.1) is 11.3 Å². The summed E-state index contributed by atoms with van der Waals surface area (Å²) < 4.78 is 0. The van der Waals surface area contributed by atoms with Crippen molar-refractivity contribution in [2.24, 2.45) is 0 Å². The van der Waals surface area contributed by atoms with Crippen LogP contribution in [0.4, 0.5) is 0 Å². The Morgan fingerprint density at radius 1 is 1.20 bits per heavy atom. The molecule has 1 N–H and O–H groups in total. The van der Waals surface area contributed by atoms with Gasteiger partial charge in [0.2, 0.25) is 5.91 Å². The number of para-hydroxylation sites is 1. The van der Waals surface area contributed by atoms with Crippen LogP contribution in [0.25, 0.3) is 10.9 Å². The molecule has 1 aliphatic heterocycles. The molecule has 1 aromatic carbocycles. The van der Waals surface area contributed by atoms with E-state index in [0.717, 1.165) is 55.4 Å². The molecule has 25 heavy (non-hydrogen) atoms. The maximum Gasteiger partial charge on any atom is 0.223 e. The number of amides is 1. The number of aromatic amines is 1. The number of aryl methyl sites for hydroxylation is 1. The number of benzene rings is 1. The summed E-state index contributed by atoms with van der Waals surface area (Å²) in [4.78, 5) is 21.0. The Balaban J connectivity index is 1.28. The van der Waals surface area contributed by atoms with Crippen molar-refractivity contribution in [2.45, 2.75) is 19.4 Å². The molecule has 0 bridgehead atoms. The van der Waals surface area contributed by atoms with Crippen LogP contribution in [0.15, 0.2) is 35.8 Å². The van der Waals surface area contributed by atoms with E-state index >= 15 is 0 Å². The average Bonchev–Trinajstić information content (AvgIpc) is 3.31. The standard InChI is InChI=1S/C18H21N5OS/c24-18(6-5-17-19-7-12-25-17)23-10-8-22(9-11-23)13-16-14-3-1-2-4-15(14)20-21-16/h1-4,7,12H,5-6,8-11,13H2,(H,20,21). The molecule has 6 nitrogen and oxygen atoms in total. The number of aromatic nitrogens is 3. The van der Waals surface area contributed by atoms with Crippen LogP contribution in [-0.4, -0.2) is 57.1 Å². The largest absolute Gasteiger partial charge is 0.340 e. The lowest BCUT2D eigenvalue weighted by Gasteiger charge is -2.34. The van der Waals surface area contributed by atoms with Crippen LogP contribution in [0.2, 0.25) is 0 Å². The molecule has 3 aromatic rings. The SMILES string of the molecule is O=C(CCc1nccs1)N1CCN(Cc2[nH]nc3ccccc23)CC1. The van der Waals surface area contributed by atoms with E-state index in [-0.39, 0.29) is 5.91 Å². The van der Waals surface area contributed by atoms with Gasteiger partial charge in [-0.1, -0.05) is 18.2 Å². The molecule has 1 saturated heterocycles. The molecule has 3 heterocycles. The average molecular weight is 355 g/mol. The maximum absolute atomic E-state index is 12.4. The van der Waals surface area contributed by atoms with Crippen molar-refractivity contribution in [3.63, 3.8) is 0 Å². The molecular formula is C18H21N5OS. The van der Waals surface area contributed by atoms with Crippen molar-refractivity contribution in [3.8, 4) is 0 Å². The number of hydrogen-bond donors (Lipinski definition) is 1. The molecule has 0 aliphatic carbocycles. The Bertz CT molecular complexity index is 836. The van der Waals surface area contributed by atoms with Crippen molar-refractivity contribution in [1.82, 2.24) is 25.0 Å². The molecule has 7 heteroatoms. The lowest BCUT2D eigenvalue weighted by Crippen LogP contribution is -2.48. The number of piperazine rings is 1. The third-order valence-electron chi connectivity index (χ3n) is 4.68. The van der Waals surface area contributed by atoms with E-state index in [1.54, 1.807) is 17.5 Å². The molecule has 1 fully saturated rings. The van der Waals surface area contributed by atoms with Gasteiger partial charge in [0.05, 0.1) is 16.2 Å². The molecule has 2 aromatic heterocycles. The Labute approximate surface area is 150 Å². The summed E-state index contributed by atoms with van der Waals surface area (Å²) in [7, 11) is 0. The van der Waals surface area contributed by atoms with Crippen LogP contribution in [0.3, 0.4) is 0 Å². The third-order valence-corrected chi connectivity index (χ3v) is 5.52. The zero-order valence-electron chi connectivity index (χ0n) is 14.0.